The number of aliphatic hydroxyl groups is 1. The van der Waals surface area contributed by atoms with Crippen molar-refractivity contribution in [3.8, 4) is 0 Å². The highest BCUT2D eigenvalue weighted by Gasteiger charge is 2.22. The average molecular weight is 211 g/mol. The number of rotatable bonds is 4. The van der Waals surface area contributed by atoms with Gasteiger partial charge in [0, 0.05) is 18.2 Å². The molecule has 1 aromatic rings. The van der Waals surface area contributed by atoms with Crippen molar-refractivity contribution in [3.63, 3.8) is 0 Å². The molecule has 86 valence electrons. The molecule has 0 aliphatic carbocycles. The van der Waals surface area contributed by atoms with Gasteiger partial charge >= 0.3 is 0 Å². The van der Waals surface area contributed by atoms with E-state index in [1.165, 1.54) is 0 Å². The van der Waals surface area contributed by atoms with Gasteiger partial charge in [-0.05, 0) is 18.4 Å². The third-order valence-electron chi connectivity index (χ3n) is 2.66. The van der Waals surface area contributed by atoms with Crippen LogP contribution < -0.4 is 5.32 Å². The zero-order valence-electron chi connectivity index (χ0n) is 9.95. The molecule has 2 N–H and O–H groups in total. The maximum absolute atomic E-state index is 9.85. The van der Waals surface area contributed by atoms with E-state index >= 15 is 0 Å². The first-order valence-corrected chi connectivity index (χ1v) is 5.35. The summed E-state index contributed by atoms with van der Waals surface area (Å²) >= 11 is 0. The molecule has 2 unspecified atom stereocenters. The maximum Gasteiger partial charge on any atom is 0.0950 e. The summed E-state index contributed by atoms with van der Waals surface area (Å²) in [6, 6.07) is 2.14. The van der Waals surface area contributed by atoms with Crippen LogP contribution in [0.25, 0.3) is 0 Å². The van der Waals surface area contributed by atoms with Crippen LogP contribution in [0.15, 0.2) is 23.0 Å². The smallest absolute Gasteiger partial charge is 0.0950 e. The summed E-state index contributed by atoms with van der Waals surface area (Å²) in [6.07, 6.45) is 3.04. The van der Waals surface area contributed by atoms with E-state index in [9.17, 15) is 5.11 Å². The van der Waals surface area contributed by atoms with Gasteiger partial charge in [0.25, 0.3) is 0 Å². The van der Waals surface area contributed by atoms with Crippen molar-refractivity contribution in [2.75, 3.05) is 6.54 Å². The summed E-state index contributed by atoms with van der Waals surface area (Å²) in [4.78, 5) is 0. The van der Waals surface area contributed by atoms with Crippen molar-refractivity contribution < 1.29 is 9.52 Å². The predicted octanol–water partition coefficient (Wildman–Crippen LogP) is 2.34. The Morgan fingerprint density at radius 1 is 1.47 bits per heavy atom. The SMILES string of the molecule is CC(NCC(O)C(C)(C)C)c1ccoc1. The molecule has 3 nitrogen and oxygen atoms in total. The molecule has 0 aliphatic rings. The summed E-state index contributed by atoms with van der Waals surface area (Å²) in [5, 5.41) is 13.1. The van der Waals surface area contributed by atoms with Crippen LogP contribution in [-0.4, -0.2) is 17.8 Å². The standard InChI is InChI=1S/C12H21NO2/c1-9(10-5-6-15-8-10)13-7-11(14)12(2,3)4/h5-6,8-9,11,13-14H,7H2,1-4H3. The Morgan fingerprint density at radius 2 is 2.13 bits per heavy atom. The van der Waals surface area contributed by atoms with E-state index < -0.39 is 0 Å². The fraction of sp³-hybridized carbons (Fsp3) is 0.667. The van der Waals surface area contributed by atoms with Gasteiger partial charge in [0.1, 0.15) is 0 Å². The van der Waals surface area contributed by atoms with Crippen molar-refractivity contribution in [1.82, 2.24) is 5.32 Å². The van der Waals surface area contributed by atoms with Crippen LogP contribution in [-0.2, 0) is 0 Å². The molecule has 3 heteroatoms. The second-order valence-corrected chi connectivity index (χ2v) is 5.07. The van der Waals surface area contributed by atoms with Crippen LogP contribution in [0.5, 0.6) is 0 Å². The monoisotopic (exact) mass is 211 g/mol. The molecular formula is C12H21NO2. The summed E-state index contributed by atoms with van der Waals surface area (Å²) in [6.45, 7) is 8.74. The third kappa shape index (κ3) is 3.68. The van der Waals surface area contributed by atoms with E-state index in [-0.39, 0.29) is 17.6 Å². The van der Waals surface area contributed by atoms with Gasteiger partial charge in [-0.1, -0.05) is 20.8 Å². The van der Waals surface area contributed by atoms with Crippen molar-refractivity contribution in [2.45, 2.75) is 39.8 Å². The molecular weight excluding hydrogens is 190 g/mol. The van der Waals surface area contributed by atoms with Crippen molar-refractivity contribution in [2.24, 2.45) is 5.41 Å². The molecule has 0 saturated heterocycles. The van der Waals surface area contributed by atoms with Crippen LogP contribution >= 0.6 is 0 Å². The third-order valence-corrected chi connectivity index (χ3v) is 2.66. The van der Waals surface area contributed by atoms with Crippen LogP contribution in [0.1, 0.15) is 39.3 Å². The lowest BCUT2D eigenvalue weighted by Crippen LogP contribution is -2.37. The molecule has 0 radical (unpaired) electrons. The molecule has 0 fully saturated rings. The van der Waals surface area contributed by atoms with Gasteiger partial charge in [0.2, 0.25) is 0 Å². The fourth-order valence-electron chi connectivity index (χ4n) is 1.23. The van der Waals surface area contributed by atoms with Gasteiger partial charge < -0.3 is 14.8 Å². The summed E-state index contributed by atoms with van der Waals surface area (Å²) in [5.41, 5.74) is 1.03. The minimum Gasteiger partial charge on any atom is -0.472 e. The van der Waals surface area contributed by atoms with E-state index in [1.807, 2.05) is 26.8 Å². The quantitative estimate of drug-likeness (QED) is 0.803. The van der Waals surface area contributed by atoms with Gasteiger partial charge in [0.05, 0.1) is 18.6 Å². The lowest BCUT2D eigenvalue weighted by molar-refractivity contribution is 0.0609. The maximum atomic E-state index is 9.85. The average Bonchev–Trinajstić information content (AvgIpc) is 2.64. The van der Waals surface area contributed by atoms with Crippen LogP contribution in [0, 0.1) is 5.41 Å². The summed E-state index contributed by atoms with van der Waals surface area (Å²) < 4.78 is 5.01. The Morgan fingerprint density at radius 3 is 2.60 bits per heavy atom. The Bertz CT molecular complexity index is 274. The van der Waals surface area contributed by atoms with E-state index in [0.717, 1.165) is 5.56 Å². The molecule has 0 saturated carbocycles. The zero-order chi connectivity index (χ0) is 11.5. The highest BCUT2D eigenvalue weighted by atomic mass is 16.3. The fourth-order valence-corrected chi connectivity index (χ4v) is 1.23. The van der Waals surface area contributed by atoms with Gasteiger partial charge in [0.15, 0.2) is 0 Å². The Hall–Kier alpha value is -0.800. The second kappa shape index (κ2) is 4.81. The Balaban J connectivity index is 2.38. The lowest BCUT2D eigenvalue weighted by atomic mass is 9.89. The number of aliphatic hydroxyl groups excluding tert-OH is 1. The van der Waals surface area contributed by atoms with Crippen molar-refractivity contribution in [1.29, 1.82) is 0 Å². The van der Waals surface area contributed by atoms with Gasteiger partial charge in [-0.2, -0.15) is 0 Å². The molecule has 0 bridgehead atoms. The number of hydrogen-bond acceptors (Lipinski definition) is 3. The molecule has 0 amide bonds. The highest BCUT2D eigenvalue weighted by Crippen LogP contribution is 2.19. The minimum absolute atomic E-state index is 0.0802. The van der Waals surface area contributed by atoms with Gasteiger partial charge in [-0.3, -0.25) is 0 Å². The first-order chi connectivity index (χ1) is 6.91. The molecule has 0 spiro atoms. The van der Waals surface area contributed by atoms with Crippen molar-refractivity contribution >= 4 is 0 Å². The zero-order valence-corrected chi connectivity index (χ0v) is 9.95. The molecule has 2 atom stereocenters. The van der Waals surface area contributed by atoms with Crippen molar-refractivity contribution in [3.05, 3.63) is 24.2 Å². The van der Waals surface area contributed by atoms with Crippen LogP contribution in [0.2, 0.25) is 0 Å². The number of nitrogens with one attached hydrogen (secondary N) is 1. The minimum atomic E-state index is -0.341. The first-order valence-electron chi connectivity index (χ1n) is 5.35. The van der Waals surface area contributed by atoms with E-state index in [0.29, 0.717) is 6.54 Å². The van der Waals surface area contributed by atoms with E-state index in [2.05, 4.69) is 12.2 Å². The van der Waals surface area contributed by atoms with E-state index in [1.54, 1.807) is 12.5 Å². The number of hydrogen-bond donors (Lipinski definition) is 2. The Labute approximate surface area is 91.5 Å². The Kier molecular flexibility index (Phi) is 3.94. The van der Waals surface area contributed by atoms with Crippen LogP contribution in [0.3, 0.4) is 0 Å². The number of furan rings is 1. The van der Waals surface area contributed by atoms with Gasteiger partial charge in [-0.25, -0.2) is 0 Å². The van der Waals surface area contributed by atoms with Gasteiger partial charge in [-0.15, -0.1) is 0 Å². The van der Waals surface area contributed by atoms with E-state index in [4.69, 9.17) is 4.42 Å². The molecule has 0 aliphatic heterocycles. The predicted molar refractivity (Wildman–Crippen MR) is 60.6 cm³/mol. The van der Waals surface area contributed by atoms with Crippen LogP contribution in [0.4, 0.5) is 0 Å². The first kappa shape index (κ1) is 12.3. The molecule has 15 heavy (non-hydrogen) atoms. The largest absolute Gasteiger partial charge is 0.472 e. The normalized spacial score (nSPS) is 16.3. The molecule has 1 heterocycles. The summed E-state index contributed by atoms with van der Waals surface area (Å²) in [5.74, 6) is 0. The highest BCUT2D eigenvalue weighted by molar-refractivity contribution is 5.10. The topological polar surface area (TPSA) is 45.4 Å². The lowest BCUT2D eigenvalue weighted by Gasteiger charge is -2.27. The molecule has 0 aromatic carbocycles. The second-order valence-electron chi connectivity index (χ2n) is 5.07. The molecule has 1 rings (SSSR count). The molecule has 1 aromatic heterocycles. The summed E-state index contributed by atoms with van der Waals surface area (Å²) in [7, 11) is 0.